The topological polar surface area (TPSA) is 93.3 Å². The summed E-state index contributed by atoms with van der Waals surface area (Å²) >= 11 is 0. The lowest BCUT2D eigenvalue weighted by Crippen LogP contribution is -2.15. The highest BCUT2D eigenvalue weighted by Crippen LogP contribution is 2.25. The summed E-state index contributed by atoms with van der Waals surface area (Å²) in [7, 11) is 3.13. The molecule has 0 saturated heterocycles. The molecule has 0 spiro atoms. The van der Waals surface area contributed by atoms with Crippen LogP contribution in [0.5, 0.6) is 11.5 Å². The molecule has 3 aromatic rings. The second-order valence-electron chi connectivity index (χ2n) is 6.22. The van der Waals surface area contributed by atoms with Crippen molar-refractivity contribution in [1.82, 2.24) is 9.97 Å². The summed E-state index contributed by atoms with van der Waals surface area (Å²) in [6.07, 6.45) is 0.129. The Labute approximate surface area is 162 Å². The van der Waals surface area contributed by atoms with Gasteiger partial charge in [-0.1, -0.05) is 12.1 Å². The van der Waals surface area contributed by atoms with Crippen LogP contribution in [0.2, 0.25) is 0 Å². The largest absolute Gasteiger partial charge is 0.497 e. The monoisotopic (exact) mass is 379 g/mol. The number of carbonyl (C=O) groups excluding carboxylic acids is 1. The molecule has 1 aromatic heterocycles. The van der Waals surface area contributed by atoms with E-state index in [4.69, 9.17) is 9.47 Å². The lowest BCUT2D eigenvalue weighted by Gasteiger charge is -2.11. The van der Waals surface area contributed by atoms with Crippen LogP contribution < -0.4 is 20.3 Å². The summed E-state index contributed by atoms with van der Waals surface area (Å²) in [5, 5.41) is 2.86. The number of rotatable bonds is 6. The van der Waals surface area contributed by atoms with Gasteiger partial charge < -0.3 is 19.8 Å². The van der Waals surface area contributed by atoms with Crippen molar-refractivity contribution < 1.29 is 14.3 Å². The molecular formula is C21H21N3O4. The van der Waals surface area contributed by atoms with Gasteiger partial charge in [0.1, 0.15) is 17.3 Å². The minimum Gasteiger partial charge on any atom is -0.497 e. The number of carbonyl (C=O) groups is 1. The van der Waals surface area contributed by atoms with Crippen molar-refractivity contribution in [2.45, 2.75) is 13.3 Å². The first-order valence-corrected chi connectivity index (χ1v) is 8.67. The molecule has 3 rings (SSSR count). The molecule has 0 atom stereocenters. The number of benzene rings is 2. The maximum atomic E-state index is 12.5. The van der Waals surface area contributed by atoms with Crippen LogP contribution in [0.15, 0.2) is 53.3 Å². The van der Waals surface area contributed by atoms with E-state index < -0.39 is 0 Å². The molecule has 2 N–H and O–H groups in total. The van der Waals surface area contributed by atoms with Gasteiger partial charge in [0, 0.05) is 28.6 Å². The highest BCUT2D eigenvalue weighted by atomic mass is 16.5. The van der Waals surface area contributed by atoms with Crippen LogP contribution in [0.1, 0.15) is 11.3 Å². The number of aromatic nitrogens is 2. The SMILES string of the molecule is COc1ccc(OC)c(CC(=O)Nc2cccc(-c3nc(C)cc(=O)[nH]3)c2)c1. The van der Waals surface area contributed by atoms with Gasteiger partial charge in [-0.15, -0.1) is 0 Å². The number of hydrogen-bond acceptors (Lipinski definition) is 5. The smallest absolute Gasteiger partial charge is 0.251 e. The Hall–Kier alpha value is -3.61. The van der Waals surface area contributed by atoms with Crippen molar-refractivity contribution in [3.05, 3.63) is 70.1 Å². The first kappa shape index (κ1) is 19.2. The first-order valence-electron chi connectivity index (χ1n) is 8.67. The minimum absolute atomic E-state index is 0.129. The molecule has 7 heteroatoms. The highest BCUT2D eigenvalue weighted by molar-refractivity contribution is 5.93. The summed E-state index contributed by atoms with van der Waals surface area (Å²) in [6.45, 7) is 1.76. The second-order valence-corrected chi connectivity index (χ2v) is 6.22. The fraction of sp³-hybridized carbons (Fsp3) is 0.190. The van der Waals surface area contributed by atoms with Crippen LogP contribution in [0.25, 0.3) is 11.4 Å². The third-order valence-corrected chi connectivity index (χ3v) is 4.13. The zero-order valence-electron chi connectivity index (χ0n) is 15.9. The minimum atomic E-state index is -0.220. The molecule has 0 bridgehead atoms. The Bertz CT molecular complexity index is 1060. The van der Waals surface area contributed by atoms with Crippen molar-refractivity contribution in [3.63, 3.8) is 0 Å². The summed E-state index contributed by atoms with van der Waals surface area (Å²) in [5.41, 5.74) is 2.44. The van der Waals surface area contributed by atoms with Crippen molar-refractivity contribution in [2.75, 3.05) is 19.5 Å². The number of methoxy groups -OCH3 is 2. The molecule has 0 fully saturated rings. The number of H-pyrrole nitrogens is 1. The molecule has 0 aliphatic heterocycles. The maximum Gasteiger partial charge on any atom is 0.251 e. The van der Waals surface area contributed by atoms with Gasteiger partial charge >= 0.3 is 0 Å². The van der Waals surface area contributed by atoms with Crippen molar-refractivity contribution in [2.24, 2.45) is 0 Å². The normalized spacial score (nSPS) is 10.4. The average molecular weight is 379 g/mol. The van der Waals surface area contributed by atoms with Gasteiger partial charge in [-0.05, 0) is 37.3 Å². The number of anilines is 1. The standard InChI is InChI=1S/C21H21N3O4/c1-13-9-19(25)24-21(22-13)14-5-4-6-16(10-14)23-20(26)12-15-11-17(27-2)7-8-18(15)28-3/h4-11H,12H2,1-3H3,(H,23,26)(H,22,24,25). The molecule has 0 aliphatic carbocycles. The molecule has 1 amide bonds. The number of aryl methyl sites for hydroxylation is 1. The van der Waals surface area contributed by atoms with E-state index in [1.807, 2.05) is 6.07 Å². The summed E-state index contributed by atoms with van der Waals surface area (Å²) < 4.78 is 10.5. The molecule has 2 aromatic carbocycles. The van der Waals surface area contributed by atoms with Crippen molar-refractivity contribution in [1.29, 1.82) is 0 Å². The van der Waals surface area contributed by atoms with E-state index >= 15 is 0 Å². The summed E-state index contributed by atoms with van der Waals surface area (Å²) in [6, 6.07) is 13.9. The highest BCUT2D eigenvalue weighted by Gasteiger charge is 2.11. The zero-order chi connectivity index (χ0) is 20.1. The predicted octanol–water partition coefficient (Wildman–Crippen LogP) is 2.94. The van der Waals surface area contributed by atoms with Gasteiger partial charge in [0.15, 0.2) is 0 Å². The van der Waals surface area contributed by atoms with E-state index in [-0.39, 0.29) is 17.9 Å². The molecular weight excluding hydrogens is 358 g/mol. The Morgan fingerprint density at radius 3 is 2.64 bits per heavy atom. The quantitative estimate of drug-likeness (QED) is 0.687. The zero-order valence-corrected chi connectivity index (χ0v) is 15.9. The van der Waals surface area contributed by atoms with Gasteiger partial charge in [0.05, 0.1) is 20.6 Å². The summed E-state index contributed by atoms with van der Waals surface area (Å²) in [5.74, 6) is 1.52. The van der Waals surface area contributed by atoms with Gasteiger partial charge in [-0.3, -0.25) is 9.59 Å². The molecule has 7 nitrogen and oxygen atoms in total. The Morgan fingerprint density at radius 1 is 1.11 bits per heavy atom. The third-order valence-electron chi connectivity index (χ3n) is 4.13. The van der Waals surface area contributed by atoms with Crippen LogP contribution in [0.3, 0.4) is 0 Å². The number of nitrogens with zero attached hydrogens (tertiary/aromatic N) is 1. The van der Waals surface area contributed by atoms with E-state index in [1.165, 1.54) is 6.07 Å². The average Bonchev–Trinajstić information content (AvgIpc) is 2.67. The molecule has 0 saturated carbocycles. The first-order chi connectivity index (χ1) is 13.5. The summed E-state index contributed by atoms with van der Waals surface area (Å²) in [4.78, 5) is 31.2. The number of ether oxygens (including phenoxy) is 2. The van der Waals surface area contributed by atoms with E-state index in [9.17, 15) is 9.59 Å². The van der Waals surface area contributed by atoms with Gasteiger partial charge in [0.2, 0.25) is 5.91 Å². The fourth-order valence-corrected chi connectivity index (χ4v) is 2.86. The van der Waals surface area contributed by atoms with E-state index in [1.54, 1.807) is 57.5 Å². The van der Waals surface area contributed by atoms with Crippen molar-refractivity contribution >= 4 is 11.6 Å². The maximum absolute atomic E-state index is 12.5. The molecule has 0 unspecified atom stereocenters. The van der Waals surface area contributed by atoms with Crippen LogP contribution in [0, 0.1) is 6.92 Å². The Balaban J connectivity index is 1.79. The number of amides is 1. The van der Waals surface area contributed by atoms with Gasteiger partial charge in [0.25, 0.3) is 5.56 Å². The predicted molar refractivity (Wildman–Crippen MR) is 107 cm³/mol. The van der Waals surface area contributed by atoms with E-state index in [0.29, 0.717) is 34.3 Å². The molecule has 1 heterocycles. The van der Waals surface area contributed by atoms with Crippen LogP contribution in [-0.4, -0.2) is 30.1 Å². The second kappa shape index (κ2) is 8.39. The van der Waals surface area contributed by atoms with Crippen LogP contribution in [-0.2, 0) is 11.2 Å². The number of hydrogen-bond donors (Lipinski definition) is 2. The van der Waals surface area contributed by atoms with Gasteiger partial charge in [-0.2, -0.15) is 0 Å². The van der Waals surface area contributed by atoms with Gasteiger partial charge in [-0.25, -0.2) is 4.98 Å². The van der Waals surface area contributed by atoms with E-state index in [0.717, 1.165) is 5.56 Å². The lowest BCUT2D eigenvalue weighted by atomic mass is 10.1. The Morgan fingerprint density at radius 2 is 1.93 bits per heavy atom. The number of aromatic amines is 1. The Kier molecular flexibility index (Phi) is 5.74. The van der Waals surface area contributed by atoms with E-state index in [2.05, 4.69) is 15.3 Å². The number of nitrogens with one attached hydrogen (secondary N) is 2. The van der Waals surface area contributed by atoms with Crippen LogP contribution >= 0.6 is 0 Å². The molecule has 144 valence electrons. The lowest BCUT2D eigenvalue weighted by molar-refractivity contribution is -0.115. The fourth-order valence-electron chi connectivity index (χ4n) is 2.86. The third kappa shape index (κ3) is 4.56. The van der Waals surface area contributed by atoms with Crippen molar-refractivity contribution in [3.8, 4) is 22.9 Å². The van der Waals surface area contributed by atoms with Crippen LogP contribution in [0.4, 0.5) is 5.69 Å². The molecule has 0 aliphatic rings. The molecule has 0 radical (unpaired) electrons. The molecule has 28 heavy (non-hydrogen) atoms.